The third-order valence-electron chi connectivity index (χ3n) is 3.07. The Morgan fingerprint density at radius 2 is 1.79 bits per heavy atom. The van der Waals surface area contributed by atoms with E-state index in [-0.39, 0.29) is 5.54 Å². The van der Waals surface area contributed by atoms with Crippen molar-refractivity contribution < 1.29 is 0 Å². The first kappa shape index (κ1) is 14.2. The van der Waals surface area contributed by atoms with E-state index in [1.54, 1.807) is 0 Å². The highest BCUT2D eigenvalue weighted by molar-refractivity contribution is 6.18. The smallest absolute Gasteiger partial charge is 0.0405 e. The number of halogens is 1. The second-order valence-corrected chi connectivity index (χ2v) is 4.85. The standard InChI is InChI=1S/C12H26ClN/c1-5-12(6-2,10-13)14-9-7-8-11(3)4/h11,14H,5-10H2,1-4H3. The van der Waals surface area contributed by atoms with Gasteiger partial charge in [0.2, 0.25) is 0 Å². The zero-order chi connectivity index (χ0) is 11.0. The van der Waals surface area contributed by atoms with Gasteiger partial charge in [0.25, 0.3) is 0 Å². The highest BCUT2D eigenvalue weighted by Crippen LogP contribution is 2.17. The topological polar surface area (TPSA) is 12.0 Å². The second-order valence-electron chi connectivity index (χ2n) is 4.58. The van der Waals surface area contributed by atoms with Crippen LogP contribution in [0, 0.1) is 5.92 Å². The van der Waals surface area contributed by atoms with E-state index in [2.05, 4.69) is 33.0 Å². The molecule has 0 atom stereocenters. The molecule has 86 valence electrons. The lowest BCUT2D eigenvalue weighted by molar-refractivity contribution is 0.329. The van der Waals surface area contributed by atoms with E-state index in [0.717, 1.165) is 31.2 Å². The molecule has 1 nitrogen and oxygen atoms in total. The molecule has 1 N–H and O–H groups in total. The lowest BCUT2D eigenvalue weighted by Crippen LogP contribution is -2.46. The summed E-state index contributed by atoms with van der Waals surface area (Å²) in [5.74, 6) is 1.53. The predicted molar refractivity (Wildman–Crippen MR) is 66.1 cm³/mol. The van der Waals surface area contributed by atoms with Gasteiger partial charge < -0.3 is 5.32 Å². The molecule has 0 fully saturated rings. The summed E-state index contributed by atoms with van der Waals surface area (Å²) in [7, 11) is 0. The molecule has 0 spiro atoms. The Morgan fingerprint density at radius 3 is 2.14 bits per heavy atom. The molecule has 0 aromatic carbocycles. The zero-order valence-corrected chi connectivity index (χ0v) is 11.0. The second kappa shape index (κ2) is 7.53. The molecule has 0 aliphatic carbocycles. The van der Waals surface area contributed by atoms with Crippen LogP contribution in [0.4, 0.5) is 0 Å². The number of hydrogen-bond donors (Lipinski definition) is 1. The van der Waals surface area contributed by atoms with Gasteiger partial charge in [0.05, 0.1) is 0 Å². The van der Waals surface area contributed by atoms with E-state index in [0.29, 0.717) is 0 Å². The van der Waals surface area contributed by atoms with Crippen LogP contribution in [-0.2, 0) is 0 Å². The molecule has 0 aliphatic heterocycles. The Hall–Kier alpha value is 0.250. The van der Waals surface area contributed by atoms with Gasteiger partial charge >= 0.3 is 0 Å². The van der Waals surface area contributed by atoms with Crippen LogP contribution in [0.2, 0.25) is 0 Å². The van der Waals surface area contributed by atoms with Crippen molar-refractivity contribution in [1.29, 1.82) is 0 Å². The van der Waals surface area contributed by atoms with Crippen molar-refractivity contribution in [3.8, 4) is 0 Å². The number of alkyl halides is 1. The normalized spacial score (nSPS) is 12.4. The van der Waals surface area contributed by atoms with E-state index in [1.807, 2.05) is 0 Å². The van der Waals surface area contributed by atoms with E-state index in [9.17, 15) is 0 Å². The monoisotopic (exact) mass is 219 g/mol. The van der Waals surface area contributed by atoms with Gasteiger partial charge in [-0.1, -0.05) is 27.7 Å². The Bertz CT molecular complexity index is 122. The molecule has 0 aromatic heterocycles. The maximum atomic E-state index is 6.00. The van der Waals surface area contributed by atoms with Crippen molar-refractivity contribution in [2.24, 2.45) is 5.92 Å². The van der Waals surface area contributed by atoms with Crippen LogP contribution in [0.1, 0.15) is 53.4 Å². The summed E-state index contributed by atoms with van der Waals surface area (Å²) < 4.78 is 0. The van der Waals surface area contributed by atoms with Crippen LogP contribution in [0.15, 0.2) is 0 Å². The summed E-state index contributed by atoms with van der Waals surface area (Å²) in [5, 5.41) is 3.61. The first-order chi connectivity index (χ1) is 6.60. The number of rotatable bonds is 8. The van der Waals surface area contributed by atoms with Crippen LogP contribution in [0.25, 0.3) is 0 Å². The molecule has 14 heavy (non-hydrogen) atoms. The van der Waals surface area contributed by atoms with Gasteiger partial charge in [-0.05, 0) is 38.1 Å². The first-order valence-electron chi connectivity index (χ1n) is 5.91. The molecule has 0 unspecified atom stereocenters. The summed E-state index contributed by atoms with van der Waals surface area (Å²) >= 11 is 6.00. The average molecular weight is 220 g/mol. The lowest BCUT2D eigenvalue weighted by atomic mass is 9.95. The van der Waals surface area contributed by atoms with Gasteiger partial charge in [0.1, 0.15) is 0 Å². The highest BCUT2D eigenvalue weighted by Gasteiger charge is 2.23. The van der Waals surface area contributed by atoms with E-state index in [1.165, 1.54) is 12.8 Å². The van der Waals surface area contributed by atoms with Crippen molar-refractivity contribution in [2.75, 3.05) is 12.4 Å². The Morgan fingerprint density at radius 1 is 1.21 bits per heavy atom. The molecule has 0 heterocycles. The van der Waals surface area contributed by atoms with Crippen LogP contribution < -0.4 is 5.32 Å². The van der Waals surface area contributed by atoms with E-state index in [4.69, 9.17) is 11.6 Å². The molecule has 0 saturated carbocycles. The Labute approximate surface area is 94.6 Å². The minimum absolute atomic E-state index is 0.179. The molecule has 2 heteroatoms. The Kier molecular flexibility index (Phi) is 7.66. The van der Waals surface area contributed by atoms with Crippen LogP contribution in [0.5, 0.6) is 0 Å². The maximum Gasteiger partial charge on any atom is 0.0405 e. The molecule has 0 aliphatic rings. The van der Waals surface area contributed by atoms with E-state index < -0.39 is 0 Å². The van der Waals surface area contributed by atoms with Gasteiger partial charge in [0.15, 0.2) is 0 Å². The van der Waals surface area contributed by atoms with Crippen molar-refractivity contribution in [3.63, 3.8) is 0 Å². The van der Waals surface area contributed by atoms with E-state index >= 15 is 0 Å². The van der Waals surface area contributed by atoms with Crippen molar-refractivity contribution in [3.05, 3.63) is 0 Å². The average Bonchev–Trinajstić information content (AvgIpc) is 2.19. The van der Waals surface area contributed by atoms with Crippen LogP contribution in [-0.4, -0.2) is 18.0 Å². The number of hydrogen-bond acceptors (Lipinski definition) is 1. The zero-order valence-electron chi connectivity index (χ0n) is 10.2. The molecule has 0 radical (unpaired) electrons. The molecular weight excluding hydrogens is 194 g/mol. The van der Waals surface area contributed by atoms with Crippen LogP contribution in [0.3, 0.4) is 0 Å². The van der Waals surface area contributed by atoms with Crippen molar-refractivity contribution in [2.45, 2.75) is 58.9 Å². The predicted octanol–water partition coefficient (Wildman–Crippen LogP) is 3.81. The quantitative estimate of drug-likeness (QED) is 0.484. The SMILES string of the molecule is CCC(CC)(CCl)NCCCC(C)C. The summed E-state index contributed by atoms with van der Waals surface area (Å²) in [6.45, 7) is 10.1. The van der Waals surface area contributed by atoms with Gasteiger partial charge in [-0.15, -0.1) is 11.6 Å². The summed E-state index contributed by atoms with van der Waals surface area (Å²) in [6, 6.07) is 0. The molecule has 0 saturated heterocycles. The fraction of sp³-hybridized carbons (Fsp3) is 1.00. The lowest BCUT2D eigenvalue weighted by Gasteiger charge is -2.31. The minimum atomic E-state index is 0.179. The molecular formula is C12H26ClN. The first-order valence-corrected chi connectivity index (χ1v) is 6.44. The summed E-state index contributed by atoms with van der Waals surface area (Å²) in [6.07, 6.45) is 4.80. The third kappa shape index (κ3) is 5.21. The Balaban J connectivity index is 3.71. The third-order valence-corrected chi connectivity index (χ3v) is 3.58. The minimum Gasteiger partial charge on any atom is -0.310 e. The summed E-state index contributed by atoms with van der Waals surface area (Å²) in [4.78, 5) is 0. The fourth-order valence-electron chi connectivity index (χ4n) is 1.60. The van der Waals surface area contributed by atoms with Gasteiger partial charge in [0, 0.05) is 11.4 Å². The number of nitrogens with one attached hydrogen (secondary N) is 1. The summed E-state index contributed by atoms with van der Waals surface area (Å²) in [5.41, 5.74) is 0.179. The molecule has 0 rings (SSSR count). The molecule has 0 aromatic rings. The van der Waals surface area contributed by atoms with Gasteiger partial charge in [-0.3, -0.25) is 0 Å². The largest absolute Gasteiger partial charge is 0.310 e. The van der Waals surface area contributed by atoms with Gasteiger partial charge in [-0.25, -0.2) is 0 Å². The fourth-order valence-corrected chi connectivity index (χ4v) is 2.07. The van der Waals surface area contributed by atoms with Crippen molar-refractivity contribution >= 4 is 11.6 Å². The van der Waals surface area contributed by atoms with Crippen molar-refractivity contribution in [1.82, 2.24) is 5.32 Å². The maximum absolute atomic E-state index is 6.00. The molecule has 0 amide bonds. The van der Waals surface area contributed by atoms with Crippen LogP contribution >= 0.6 is 11.6 Å². The highest BCUT2D eigenvalue weighted by atomic mass is 35.5. The molecule has 0 bridgehead atoms. The van der Waals surface area contributed by atoms with Gasteiger partial charge in [-0.2, -0.15) is 0 Å².